The number of aromatic nitrogens is 1. The van der Waals surface area contributed by atoms with E-state index in [1.54, 1.807) is 12.1 Å². The predicted molar refractivity (Wildman–Crippen MR) is 85.0 cm³/mol. The summed E-state index contributed by atoms with van der Waals surface area (Å²) in [6, 6.07) is 6.91. The van der Waals surface area contributed by atoms with Gasteiger partial charge in [0.2, 0.25) is 0 Å². The molecule has 3 aromatic rings. The standard InChI is InChI=1S/C16H16N2O4S/c1-10(8-11(19)12-4-2-6-21-12)18-16(20)14-15(22-9-17-14)13-5-3-7-23-13/h2-7,9-11,19H,8H2,1H3,(H,18,20). The van der Waals surface area contributed by atoms with Crippen molar-refractivity contribution in [2.75, 3.05) is 0 Å². The van der Waals surface area contributed by atoms with Crippen LogP contribution in [0.1, 0.15) is 35.7 Å². The number of rotatable bonds is 6. The predicted octanol–water partition coefficient (Wildman–Crippen LogP) is 3.24. The molecule has 7 heteroatoms. The van der Waals surface area contributed by atoms with E-state index in [1.165, 1.54) is 24.0 Å². The van der Waals surface area contributed by atoms with Gasteiger partial charge in [0.05, 0.1) is 11.1 Å². The van der Waals surface area contributed by atoms with Crippen molar-refractivity contribution < 1.29 is 18.7 Å². The van der Waals surface area contributed by atoms with Crippen molar-refractivity contribution in [2.45, 2.75) is 25.5 Å². The fourth-order valence-electron chi connectivity index (χ4n) is 2.27. The van der Waals surface area contributed by atoms with Crippen LogP contribution < -0.4 is 5.32 Å². The summed E-state index contributed by atoms with van der Waals surface area (Å²) in [5.41, 5.74) is 0.242. The molecule has 0 aromatic carbocycles. The van der Waals surface area contributed by atoms with Crippen molar-refractivity contribution in [1.29, 1.82) is 0 Å². The first kappa shape index (κ1) is 15.5. The van der Waals surface area contributed by atoms with Crippen molar-refractivity contribution in [3.63, 3.8) is 0 Å². The second kappa shape index (κ2) is 6.80. The summed E-state index contributed by atoms with van der Waals surface area (Å²) in [6.07, 6.45) is 2.33. The number of thiophene rings is 1. The maximum absolute atomic E-state index is 12.4. The molecule has 120 valence electrons. The fourth-order valence-corrected chi connectivity index (χ4v) is 2.99. The summed E-state index contributed by atoms with van der Waals surface area (Å²) in [4.78, 5) is 17.2. The van der Waals surface area contributed by atoms with Crippen LogP contribution in [0.25, 0.3) is 10.6 Å². The van der Waals surface area contributed by atoms with E-state index in [-0.39, 0.29) is 17.6 Å². The molecule has 0 aliphatic rings. The van der Waals surface area contributed by atoms with Gasteiger partial charge in [-0.3, -0.25) is 4.79 Å². The Morgan fingerprint density at radius 1 is 1.39 bits per heavy atom. The summed E-state index contributed by atoms with van der Waals surface area (Å²) in [5.74, 6) is 0.601. The molecule has 0 spiro atoms. The Bertz CT molecular complexity index is 749. The van der Waals surface area contributed by atoms with Crippen molar-refractivity contribution in [3.8, 4) is 10.6 Å². The molecule has 3 rings (SSSR count). The molecule has 0 bridgehead atoms. The summed E-state index contributed by atoms with van der Waals surface area (Å²) in [6.45, 7) is 1.81. The number of nitrogens with zero attached hydrogens (tertiary/aromatic N) is 1. The van der Waals surface area contributed by atoms with Gasteiger partial charge in [-0.15, -0.1) is 11.3 Å². The molecule has 3 heterocycles. The zero-order chi connectivity index (χ0) is 16.2. The average molecular weight is 332 g/mol. The number of hydrogen-bond donors (Lipinski definition) is 2. The first-order valence-corrected chi connectivity index (χ1v) is 8.03. The van der Waals surface area contributed by atoms with Gasteiger partial charge in [-0.25, -0.2) is 4.98 Å². The summed E-state index contributed by atoms with van der Waals surface area (Å²) < 4.78 is 10.5. The zero-order valence-electron chi connectivity index (χ0n) is 12.4. The molecule has 2 N–H and O–H groups in total. The van der Waals surface area contributed by atoms with Crippen LogP contribution in [0.2, 0.25) is 0 Å². The first-order valence-electron chi connectivity index (χ1n) is 7.15. The number of nitrogens with one attached hydrogen (secondary N) is 1. The summed E-state index contributed by atoms with van der Waals surface area (Å²) >= 11 is 1.47. The van der Waals surface area contributed by atoms with Gasteiger partial charge < -0.3 is 19.3 Å². The van der Waals surface area contributed by atoms with E-state index >= 15 is 0 Å². The van der Waals surface area contributed by atoms with Crippen LogP contribution in [0.4, 0.5) is 0 Å². The lowest BCUT2D eigenvalue weighted by molar-refractivity contribution is 0.0899. The molecule has 6 nitrogen and oxygen atoms in total. The quantitative estimate of drug-likeness (QED) is 0.723. The third-order valence-electron chi connectivity index (χ3n) is 3.35. The van der Waals surface area contributed by atoms with Gasteiger partial charge >= 0.3 is 0 Å². The topological polar surface area (TPSA) is 88.5 Å². The molecule has 23 heavy (non-hydrogen) atoms. The molecular weight excluding hydrogens is 316 g/mol. The van der Waals surface area contributed by atoms with Gasteiger partial charge in [0.25, 0.3) is 5.91 Å². The van der Waals surface area contributed by atoms with Crippen LogP contribution in [-0.2, 0) is 0 Å². The highest BCUT2D eigenvalue weighted by atomic mass is 32.1. The van der Waals surface area contributed by atoms with Crippen LogP contribution in [0.15, 0.2) is 51.1 Å². The Balaban J connectivity index is 1.64. The number of aliphatic hydroxyl groups excluding tert-OH is 1. The monoisotopic (exact) mass is 332 g/mol. The maximum atomic E-state index is 12.4. The minimum absolute atomic E-state index is 0.242. The van der Waals surface area contributed by atoms with Crippen LogP contribution in [0.5, 0.6) is 0 Å². The number of oxazole rings is 1. The van der Waals surface area contributed by atoms with Gasteiger partial charge in [-0.2, -0.15) is 0 Å². The summed E-state index contributed by atoms with van der Waals surface area (Å²) in [7, 11) is 0. The lowest BCUT2D eigenvalue weighted by Crippen LogP contribution is -2.34. The van der Waals surface area contributed by atoms with Gasteiger partial charge in [0.1, 0.15) is 11.9 Å². The Labute approximate surface area is 136 Å². The second-order valence-electron chi connectivity index (χ2n) is 5.15. The van der Waals surface area contributed by atoms with Crippen molar-refractivity contribution in [2.24, 2.45) is 0 Å². The lowest BCUT2D eigenvalue weighted by Gasteiger charge is -2.16. The van der Waals surface area contributed by atoms with E-state index in [0.29, 0.717) is 17.9 Å². The van der Waals surface area contributed by atoms with Crippen molar-refractivity contribution in [3.05, 3.63) is 53.8 Å². The average Bonchev–Trinajstić information content (AvgIpc) is 3.27. The molecule has 0 radical (unpaired) electrons. The summed E-state index contributed by atoms with van der Waals surface area (Å²) in [5, 5.41) is 14.8. The Kier molecular flexibility index (Phi) is 4.59. The molecule has 2 unspecified atom stereocenters. The van der Waals surface area contributed by atoms with Gasteiger partial charge in [0, 0.05) is 12.5 Å². The highest BCUT2D eigenvalue weighted by Gasteiger charge is 2.22. The number of carbonyl (C=O) groups is 1. The zero-order valence-corrected chi connectivity index (χ0v) is 13.2. The lowest BCUT2D eigenvalue weighted by atomic mass is 10.1. The minimum atomic E-state index is -0.769. The smallest absolute Gasteiger partial charge is 0.274 e. The number of hydrogen-bond acceptors (Lipinski definition) is 6. The SMILES string of the molecule is CC(CC(O)c1ccco1)NC(=O)c1ncoc1-c1cccs1. The number of amides is 1. The largest absolute Gasteiger partial charge is 0.467 e. The fraction of sp³-hybridized carbons (Fsp3) is 0.250. The highest BCUT2D eigenvalue weighted by molar-refractivity contribution is 7.13. The molecule has 3 aromatic heterocycles. The highest BCUT2D eigenvalue weighted by Crippen LogP contribution is 2.27. The number of furan rings is 1. The third kappa shape index (κ3) is 3.52. The van der Waals surface area contributed by atoms with Crippen LogP contribution in [0, 0.1) is 0 Å². The van der Waals surface area contributed by atoms with Crippen LogP contribution in [0.3, 0.4) is 0 Å². The van der Waals surface area contributed by atoms with Crippen molar-refractivity contribution >= 4 is 17.2 Å². The van der Waals surface area contributed by atoms with Gasteiger partial charge in [-0.1, -0.05) is 6.07 Å². The Hall–Kier alpha value is -2.38. The van der Waals surface area contributed by atoms with E-state index < -0.39 is 6.10 Å². The molecule has 0 saturated heterocycles. The molecule has 2 atom stereocenters. The normalized spacial score (nSPS) is 13.7. The van der Waals surface area contributed by atoms with E-state index in [2.05, 4.69) is 10.3 Å². The second-order valence-corrected chi connectivity index (χ2v) is 6.10. The third-order valence-corrected chi connectivity index (χ3v) is 4.22. The number of aliphatic hydroxyl groups is 1. The maximum Gasteiger partial charge on any atom is 0.274 e. The van der Waals surface area contributed by atoms with E-state index in [1.807, 2.05) is 24.4 Å². The Morgan fingerprint density at radius 2 is 2.26 bits per heavy atom. The van der Waals surface area contributed by atoms with E-state index in [0.717, 1.165) is 4.88 Å². The Morgan fingerprint density at radius 3 is 2.96 bits per heavy atom. The van der Waals surface area contributed by atoms with Crippen molar-refractivity contribution in [1.82, 2.24) is 10.3 Å². The van der Waals surface area contributed by atoms with Gasteiger partial charge in [0.15, 0.2) is 17.8 Å². The molecular formula is C16H16N2O4S. The minimum Gasteiger partial charge on any atom is -0.467 e. The molecule has 0 fully saturated rings. The molecule has 0 saturated carbocycles. The number of carbonyl (C=O) groups excluding carboxylic acids is 1. The molecule has 0 aliphatic heterocycles. The van der Waals surface area contributed by atoms with E-state index in [4.69, 9.17) is 8.83 Å². The van der Waals surface area contributed by atoms with Gasteiger partial charge in [-0.05, 0) is 30.5 Å². The first-order chi connectivity index (χ1) is 11.1. The molecule has 0 aliphatic carbocycles. The molecule has 1 amide bonds. The van der Waals surface area contributed by atoms with Crippen LogP contribution >= 0.6 is 11.3 Å². The van der Waals surface area contributed by atoms with Crippen LogP contribution in [-0.4, -0.2) is 22.0 Å². The van der Waals surface area contributed by atoms with E-state index in [9.17, 15) is 9.90 Å².